The summed E-state index contributed by atoms with van der Waals surface area (Å²) in [6.07, 6.45) is 13.8. The predicted octanol–water partition coefficient (Wildman–Crippen LogP) is 1.18. The van der Waals surface area contributed by atoms with Crippen LogP contribution in [-0.4, -0.2) is 13.3 Å². The molecule has 2 heteroatoms. The lowest BCUT2D eigenvalue weighted by Crippen LogP contribution is -2.62. The normalized spacial score (nSPS) is 12.6. The molecule has 1 aromatic rings. The van der Waals surface area contributed by atoms with Gasteiger partial charge >= 0.3 is 0 Å². The number of nitrogen functional groups attached to an aromatic ring is 1. The molecule has 0 aliphatic rings. The van der Waals surface area contributed by atoms with E-state index >= 15 is 0 Å². The van der Waals surface area contributed by atoms with Gasteiger partial charge in [0, 0.05) is 11.8 Å². The van der Waals surface area contributed by atoms with Crippen molar-refractivity contribution < 1.29 is 4.99 Å². The topological polar surface area (TPSA) is 40.0 Å². The Morgan fingerprint density at radius 2 is 1.56 bits per heavy atom. The Kier molecular flexibility index (Phi) is 5.42. The highest BCUT2D eigenvalue weighted by molar-refractivity contribution is 5.65. The van der Waals surface area contributed by atoms with E-state index in [0.29, 0.717) is 0 Å². The van der Waals surface area contributed by atoms with Gasteiger partial charge in [0.2, 0.25) is 0 Å². The number of hydrogen-bond acceptors (Lipinski definition) is 1. The van der Waals surface area contributed by atoms with Crippen molar-refractivity contribution in [3.63, 3.8) is 0 Å². The van der Waals surface area contributed by atoms with E-state index in [-0.39, 0.29) is 0 Å². The molecule has 0 fully saturated rings. The standard InChI is InChI=1S/C14H16N2/c1-16-12-6-4-2-3-5-7-13-8-10-14(15)11-9-13/h2-12H,15H2,1H3/p+1/b3-2+,6-4-,7-5+,16-12?. The molecule has 0 amide bonds. The van der Waals surface area contributed by atoms with Crippen LogP contribution in [0.4, 0.5) is 5.69 Å². The molecule has 0 aliphatic carbocycles. The summed E-state index contributed by atoms with van der Waals surface area (Å²) in [5.41, 5.74) is 7.53. The minimum atomic E-state index is 0.790. The first kappa shape index (κ1) is 12.0. The molecule has 0 atom stereocenters. The van der Waals surface area contributed by atoms with Gasteiger partial charge in [0.05, 0.1) is 0 Å². The summed E-state index contributed by atoms with van der Waals surface area (Å²) in [6, 6.07) is 7.77. The minimum absolute atomic E-state index is 0.790. The molecule has 1 rings (SSSR count). The Labute approximate surface area is 96.5 Å². The zero-order valence-electron chi connectivity index (χ0n) is 9.43. The molecule has 0 radical (unpaired) electrons. The summed E-state index contributed by atoms with van der Waals surface area (Å²) in [5, 5.41) is 0. The Balaban J connectivity index is 2.45. The van der Waals surface area contributed by atoms with Crippen LogP contribution >= 0.6 is 0 Å². The molecule has 2 nitrogen and oxygen atoms in total. The molecule has 16 heavy (non-hydrogen) atoms. The van der Waals surface area contributed by atoms with Gasteiger partial charge in [-0.05, 0) is 17.7 Å². The average molecular weight is 213 g/mol. The van der Waals surface area contributed by atoms with Crippen LogP contribution < -0.4 is 10.7 Å². The van der Waals surface area contributed by atoms with E-state index < -0.39 is 0 Å². The van der Waals surface area contributed by atoms with Crippen LogP contribution in [0, 0.1) is 0 Å². The lowest BCUT2D eigenvalue weighted by atomic mass is 10.2. The van der Waals surface area contributed by atoms with Crippen LogP contribution in [0.3, 0.4) is 0 Å². The first-order chi connectivity index (χ1) is 7.83. The van der Waals surface area contributed by atoms with Crippen LogP contribution in [0.2, 0.25) is 0 Å². The molecule has 82 valence electrons. The zero-order valence-corrected chi connectivity index (χ0v) is 9.43. The molecule has 0 unspecified atom stereocenters. The maximum atomic E-state index is 5.59. The Hall–Kier alpha value is -2.09. The number of nitrogens with one attached hydrogen (secondary N) is 1. The maximum Gasteiger partial charge on any atom is 0.161 e. The summed E-state index contributed by atoms with van der Waals surface area (Å²) in [7, 11) is 1.87. The molecular formula is C14H17N2+. The third kappa shape index (κ3) is 4.96. The Morgan fingerprint density at radius 1 is 0.938 bits per heavy atom. The quantitative estimate of drug-likeness (QED) is 0.440. The van der Waals surface area contributed by atoms with Crippen molar-refractivity contribution in [3.8, 4) is 0 Å². The fourth-order valence-corrected chi connectivity index (χ4v) is 1.12. The number of allylic oxidation sites excluding steroid dienone is 5. The van der Waals surface area contributed by atoms with Crippen molar-refractivity contribution >= 4 is 18.0 Å². The highest BCUT2D eigenvalue weighted by Crippen LogP contribution is 2.06. The second kappa shape index (κ2) is 7.23. The van der Waals surface area contributed by atoms with E-state index in [2.05, 4.69) is 4.99 Å². The van der Waals surface area contributed by atoms with Crippen LogP contribution in [0.15, 0.2) is 54.6 Å². The van der Waals surface area contributed by atoms with Crippen molar-refractivity contribution in [1.29, 1.82) is 0 Å². The van der Waals surface area contributed by atoms with Crippen molar-refractivity contribution in [2.24, 2.45) is 0 Å². The SMILES string of the molecule is C[NH+]=C\C=C/C=C/C=C/c1ccc(N)cc1. The summed E-state index contributed by atoms with van der Waals surface area (Å²) in [6.45, 7) is 0. The van der Waals surface area contributed by atoms with Crippen molar-refractivity contribution in [2.45, 2.75) is 0 Å². The highest BCUT2D eigenvalue weighted by Gasteiger charge is 1.84. The van der Waals surface area contributed by atoms with E-state index in [1.54, 1.807) is 0 Å². The molecule has 0 spiro atoms. The lowest BCUT2D eigenvalue weighted by Gasteiger charge is -1.93. The fourth-order valence-electron chi connectivity index (χ4n) is 1.12. The van der Waals surface area contributed by atoms with Gasteiger partial charge < -0.3 is 5.73 Å². The smallest absolute Gasteiger partial charge is 0.161 e. The maximum absolute atomic E-state index is 5.59. The van der Waals surface area contributed by atoms with Crippen LogP contribution in [0.5, 0.6) is 0 Å². The van der Waals surface area contributed by atoms with Gasteiger partial charge in [0.15, 0.2) is 6.21 Å². The van der Waals surface area contributed by atoms with Gasteiger partial charge in [0.1, 0.15) is 7.05 Å². The van der Waals surface area contributed by atoms with Crippen molar-refractivity contribution in [1.82, 2.24) is 0 Å². The summed E-state index contributed by atoms with van der Waals surface area (Å²) in [4.78, 5) is 2.91. The van der Waals surface area contributed by atoms with Gasteiger partial charge in [-0.1, -0.05) is 42.5 Å². The van der Waals surface area contributed by atoms with E-state index in [9.17, 15) is 0 Å². The second-order valence-corrected chi connectivity index (χ2v) is 3.25. The van der Waals surface area contributed by atoms with Crippen molar-refractivity contribution in [3.05, 3.63) is 60.2 Å². The number of nitrogens with two attached hydrogens (primary N) is 1. The number of hydrogen-bond donors (Lipinski definition) is 2. The van der Waals surface area contributed by atoms with Gasteiger partial charge in [-0.25, -0.2) is 0 Å². The molecule has 0 saturated carbocycles. The first-order valence-corrected chi connectivity index (χ1v) is 5.19. The molecule has 0 saturated heterocycles. The Bertz CT molecular complexity index is 409. The summed E-state index contributed by atoms with van der Waals surface area (Å²) in [5.74, 6) is 0. The van der Waals surface area contributed by atoms with Gasteiger partial charge in [-0.3, -0.25) is 4.99 Å². The third-order valence-corrected chi connectivity index (χ3v) is 1.93. The van der Waals surface area contributed by atoms with Crippen LogP contribution in [0.25, 0.3) is 6.08 Å². The molecule has 3 N–H and O–H groups in total. The fraction of sp³-hybridized carbons (Fsp3) is 0.0714. The van der Waals surface area contributed by atoms with E-state index in [0.717, 1.165) is 11.3 Å². The van der Waals surface area contributed by atoms with E-state index in [1.165, 1.54) is 0 Å². The number of rotatable bonds is 4. The number of anilines is 1. The molecule has 0 heterocycles. The Morgan fingerprint density at radius 3 is 2.25 bits per heavy atom. The van der Waals surface area contributed by atoms with E-state index in [1.807, 2.05) is 74.0 Å². The highest BCUT2D eigenvalue weighted by atomic mass is 14.6. The van der Waals surface area contributed by atoms with Gasteiger partial charge in [-0.15, -0.1) is 0 Å². The van der Waals surface area contributed by atoms with Crippen LogP contribution in [0.1, 0.15) is 5.56 Å². The largest absolute Gasteiger partial charge is 0.399 e. The second-order valence-electron chi connectivity index (χ2n) is 3.25. The first-order valence-electron chi connectivity index (χ1n) is 5.19. The molecule has 0 aromatic heterocycles. The lowest BCUT2D eigenvalue weighted by molar-refractivity contribution is -0.413. The summed E-state index contributed by atoms with van der Waals surface area (Å²) < 4.78 is 0. The molecular weight excluding hydrogens is 196 g/mol. The zero-order chi connectivity index (χ0) is 11.6. The summed E-state index contributed by atoms with van der Waals surface area (Å²) >= 11 is 0. The molecule has 0 aliphatic heterocycles. The minimum Gasteiger partial charge on any atom is -0.399 e. The van der Waals surface area contributed by atoms with Gasteiger partial charge in [0.25, 0.3) is 0 Å². The molecule has 1 aromatic carbocycles. The van der Waals surface area contributed by atoms with E-state index in [4.69, 9.17) is 5.73 Å². The van der Waals surface area contributed by atoms with Gasteiger partial charge in [-0.2, -0.15) is 0 Å². The average Bonchev–Trinajstić information content (AvgIpc) is 2.30. The molecule has 0 bridgehead atoms. The van der Waals surface area contributed by atoms with Crippen LogP contribution in [-0.2, 0) is 0 Å². The number of benzene rings is 1. The predicted molar refractivity (Wildman–Crippen MR) is 71.1 cm³/mol. The van der Waals surface area contributed by atoms with Crippen molar-refractivity contribution in [2.75, 3.05) is 12.8 Å². The monoisotopic (exact) mass is 213 g/mol. The third-order valence-electron chi connectivity index (χ3n) is 1.93.